The number of ketones is 1. The van der Waals surface area contributed by atoms with Crippen LogP contribution in [-0.4, -0.2) is 5.78 Å². The van der Waals surface area contributed by atoms with Crippen LogP contribution in [0.4, 0.5) is 0 Å². The summed E-state index contributed by atoms with van der Waals surface area (Å²) < 4.78 is 0. The molecule has 0 aliphatic carbocycles. The molecule has 0 aliphatic rings. The number of carbonyl (C=O) groups excluding carboxylic acids is 1. The first kappa shape index (κ1) is 9.63. The van der Waals surface area contributed by atoms with Crippen molar-refractivity contribution in [3.63, 3.8) is 0 Å². The summed E-state index contributed by atoms with van der Waals surface area (Å²) in [6.07, 6.45) is 1.17. The van der Waals surface area contributed by atoms with Gasteiger partial charge in [-0.15, -0.1) is 0 Å². The standard InChI is InChI=1S/C4H5O.Y/c1-3-4(2)5;/h3H,1-2H2;/q-1;. The number of carbonyl (C=O) groups is 1. The first-order valence-electron chi connectivity index (χ1n) is 1.25. The fourth-order valence-corrected chi connectivity index (χ4v) is 0. The molecule has 0 N–H and O–H groups in total. The Morgan fingerprint density at radius 3 is 2.00 bits per heavy atom. The molecule has 0 amide bonds. The van der Waals surface area contributed by atoms with Gasteiger partial charge in [0.1, 0.15) is 0 Å². The van der Waals surface area contributed by atoms with Crippen molar-refractivity contribution in [1.82, 2.24) is 0 Å². The number of rotatable bonds is 1. The van der Waals surface area contributed by atoms with Crippen LogP contribution in [0.1, 0.15) is 0 Å². The Bertz CT molecular complexity index is 58.6. The third-order valence-electron chi connectivity index (χ3n) is 0.228. The fourth-order valence-electron chi connectivity index (χ4n) is 0. The van der Waals surface area contributed by atoms with Crippen LogP contribution in [-0.2, 0) is 37.5 Å². The van der Waals surface area contributed by atoms with Gasteiger partial charge < -0.3 is 4.79 Å². The fraction of sp³-hybridized carbons (Fsp3) is 0. The van der Waals surface area contributed by atoms with Gasteiger partial charge in [-0.25, -0.2) is 0 Å². The topological polar surface area (TPSA) is 17.1 Å². The van der Waals surface area contributed by atoms with E-state index in [0.717, 1.165) is 0 Å². The minimum atomic E-state index is -0.231. The first-order valence-corrected chi connectivity index (χ1v) is 1.25. The van der Waals surface area contributed by atoms with Crippen molar-refractivity contribution in [2.75, 3.05) is 0 Å². The molecule has 0 aromatic rings. The molecule has 0 atom stereocenters. The Kier molecular flexibility index (Phi) is 8.64. The molecule has 2 heteroatoms. The number of allylic oxidation sites excluding steroid dienone is 1. The Hall–Kier alpha value is 0.384. The predicted molar refractivity (Wildman–Crippen MR) is 20.6 cm³/mol. The molecule has 0 saturated heterocycles. The molecule has 0 aliphatic heterocycles. The normalized spacial score (nSPS) is 5.33. The van der Waals surface area contributed by atoms with Crippen molar-refractivity contribution >= 4 is 5.78 Å². The van der Waals surface area contributed by atoms with Gasteiger partial charge in [0.2, 0.25) is 0 Å². The van der Waals surface area contributed by atoms with Crippen LogP contribution in [0.25, 0.3) is 0 Å². The Morgan fingerprint density at radius 1 is 1.83 bits per heavy atom. The molecule has 1 radical (unpaired) electrons. The molecule has 0 unspecified atom stereocenters. The van der Waals surface area contributed by atoms with Crippen molar-refractivity contribution in [3.8, 4) is 0 Å². The SMILES string of the molecule is C=CC([CH2-])=O.[Y]. The molecule has 0 fully saturated rings. The van der Waals surface area contributed by atoms with Crippen LogP contribution in [0.2, 0.25) is 0 Å². The van der Waals surface area contributed by atoms with Gasteiger partial charge in [0.15, 0.2) is 0 Å². The van der Waals surface area contributed by atoms with Crippen molar-refractivity contribution in [2.24, 2.45) is 0 Å². The van der Waals surface area contributed by atoms with Gasteiger partial charge in [-0.3, -0.25) is 0 Å². The van der Waals surface area contributed by atoms with E-state index in [9.17, 15) is 4.79 Å². The van der Waals surface area contributed by atoms with E-state index in [4.69, 9.17) is 0 Å². The summed E-state index contributed by atoms with van der Waals surface area (Å²) in [4.78, 5) is 9.58. The zero-order valence-corrected chi connectivity index (χ0v) is 6.32. The number of hydrogen-bond acceptors (Lipinski definition) is 1. The summed E-state index contributed by atoms with van der Waals surface area (Å²) in [5.74, 6) is -0.231. The van der Waals surface area contributed by atoms with E-state index >= 15 is 0 Å². The van der Waals surface area contributed by atoms with Gasteiger partial charge in [-0.2, -0.15) is 19.6 Å². The summed E-state index contributed by atoms with van der Waals surface area (Å²) in [5.41, 5.74) is 0. The maximum Gasteiger partial charge on any atom is 0.0142 e. The zero-order chi connectivity index (χ0) is 4.28. The maximum atomic E-state index is 9.58. The average Bonchev–Trinajstić information content (AvgIpc) is 1.38. The monoisotopic (exact) mass is 158 g/mol. The van der Waals surface area contributed by atoms with Crippen LogP contribution in [0, 0.1) is 6.92 Å². The van der Waals surface area contributed by atoms with Crippen LogP contribution in [0.5, 0.6) is 0 Å². The van der Waals surface area contributed by atoms with E-state index in [0.29, 0.717) is 0 Å². The summed E-state index contributed by atoms with van der Waals surface area (Å²) in [5, 5.41) is 0. The van der Waals surface area contributed by atoms with Gasteiger partial charge in [-0.1, -0.05) is 0 Å². The molecule has 0 spiro atoms. The molecule has 31 valence electrons. The van der Waals surface area contributed by atoms with Gasteiger partial charge in [0.05, 0.1) is 0 Å². The zero-order valence-electron chi connectivity index (χ0n) is 3.48. The van der Waals surface area contributed by atoms with Gasteiger partial charge in [0.25, 0.3) is 0 Å². The van der Waals surface area contributed by atoms with E-state index in [1.807, 2.05) is 0 Å². The molecular formula is C4H5OY-. The molecule has 0 aromatic heterocycles. The molecule has 6 heavy (non-hydrogen) atoms. The van der Waals surface area contributed by atoms with Crippen LogP contribution >= 0.6 is 0 Å². The Morgan fingerprint density at radius 2 is 2.00 bits per heavy atom. The summed E-state index contributed by atoms with van der Waals surface area (Å²) in [7, 11) is 0. The van der Waals surface area contributed by atoms with E-state index < -0.39 is 0 Å². The summed E-state index contributed by atoms with van der Waals surface area (Å²) in [6.45, 7) is 6.15. The molecule has 1 nitrogen and oxygen atoms in total. The predicted octanol–water partition coefficient (Wildman–Crippen LogP) is 0.573. The van der Waals surface area contributed by atoms with Gasteiger partial charge >= 0.3 is 0 Å². The Labute approximate surface area is 62.7 Å². The number of hydrogen-bond donors (Lipinski definition) is 0. The molecule has 0 heterocycles. The first-order chi connectivity index (χ1) is 2.27. The van der Waals surface area contributed by atoms with Crippen molar-refractivity contribution < 1.29 is 37.5 Å². The summed E-state index contributed by atoms with van der Waals surface area (Å²) >= 11 is 0. The third kappa shape index (κ3) is 8.83. The summed E-state index contributed by atoms with van der Waals surface area (Å²) in [6, 6.07) is 0. The van der Waals surface area contributed by atoms with Gasteiger partial charge in [0, 0.05) is 38.5 Å². The smallest absolute Gasteiger partial charge is 0.0142 e. The van der Waals surface area contributed by atoms with E-state index in [1.54, 1.807) is 0 Å². The van der Waals surface area contributed by atoms with E-state index in [1.165, 1.54) is 6.08 Å². The molecule has 0 saturated carbocycles. The maximum absolute atomic E-state index is 9.58. The van der Waals surface area contributed by atoms with Crippen LogP contribution in [0.3, 0.4) is 0 Å². The second kappa shape index (κ2) is 5.38. The Balaban J connectivity index is 0. The molecule has 0 rings (SSSR count). The quantitative estimate of drug-likeness (QED) is 0.402. The van der Waals surface area contributed by atoms with Crippen molar-refractivity contribution in [2.45, 2.75) is 0 Å². The van der Waals surface area contributed by atoms with Crippen molar-refractivity contribution in [1.29, 1.82) is 0 Å². The second-order valence-electron chi connectivity index (χ2n) is 0.670. The van der Waals surface area contributed by atoms with E-state index in [2.05, 4.69) is 13.5 Å². The van der Waals surface area contributed by atoms with E-state index in [-0.39, 0.29) is 38.5 Å². The molecule has 0 aromatic carbocycles. The minimum Gasteiger partial charge on any atom is -0.333 e. The largest absolute Gasteiger partial charge is 0.333 e. The molecular weight excluding hydrogens is 153 g/mol. The van der Waals surface area contributed by atoms with Crippen LogP contribution in [0.15, 0.2) is 12.7 Å². The third-order valence-corrected chi connectivity index (χ3v) is 0.228. The average molecular weight is 158 g/mol. The molecule has 0 bridgehead atoms. The minimum absolute atomic E-state index is 0. The van der Waals surface area contributed by atoms with Gasteiger partial charge in [-0.05, 0) is 0 Å². The van der Waals surface area contributed by atoms with Crippen molar-refractivity contribution in [3.05, 3.63) is 19.6 Å². The second-order valence-corrected chi connectivity index (χ2v) is 0.670. The van der Waals surface area contributed by atoms with Crippen LogP contribution < -0.4 is 0 Å².